The summed E-state index contributed by atoms with van der Waals surface area (Å²) < 4.78 is 0. The molecule has 1 heterocycles. The lowest BCUT2D eigenvalue weighted by molar-refractivity contribution is 0.0869. The highest BCUT2D eigenvalue weighted by Crippen LogP contribution is 2.33. The molecule has 0 radical (unpaired) electrons. The van der Waals surface area contributed by atoms with Crippen molar-refractivity contribution in [3.8, 4) is 0 Å². The standard InChI is InChI=1S/C14H19BrN2O/c1-11-3-2-6-14(9-11,10-15)17-13(18)12-4-7-16-8-5-12/h4-5,7-8,11H,2-3,6,9-10H2,1H3,(H,17,18). The van der Waals surface area contributed by atoms with Crippen LogP contribution in [0.3, 0.4) is 0 Å². The van der Waals surface area contributed by atoms with E-state index in [4.69, 9.17) is 0 Å². The van der Waals surface area contributed by atoms with Crippen LogP contribution in [-0.2, 0) is 0 Å². The second kappa shape index (κ2) is 5.83. The Kier molecular flexibility index (Phi) is 4.38. The van der Waals surface area contributed by atoms with Crippen molar-refractivity contribution in [3.63, 3.8) is 0 Å². The van der Waals surface area contributed by atoms with Crippen LogP contribution in [0.2, 0.25) is 0 Å². The summed E-state index contributed by atoms with van der Waals surface area (Å²) in [5.74, 6) is 0.681. The van der Waals surface area contributed by atoms with Crippen molar-refractivity contribution in [2.24, 2.45) is 5.92 Å². The molecule has 0 spiro atoms. The van der Waals surface area contributed by atoms with Crippen molar-refractivity contribution in [2.75, 3.05) is 5.33 Å². The fourth-order valence-electron chi connectivity index (χ4n) is 2.74. The molecule has 2 unspecified atom stereocenters. The summed E-state index contributed by atoms with van der Waals surface area (Å²) in [5.41, 5.74) is 0.599. The maximum atomic E-state index is 12.2. The zero-order chi connectivity index (χ0) is 13.0. The van der Waals surface area contributed by atoms with E-state index >= 15 is 0 Å². The van der Waals surface area contributed by atoms with E-state index in [-0.39, 0.29) is 11.4 Å². The fourth-order valence-corrected chi connectivity index (χ4v) is 3.39. The zero-order valence-electron chi connectivity index (χ0n) is 10.7. The molecular formula is C14H19BrN2O. The van der Waals surface area contributed by atoms with E-state index in [0.717, 1.165) is 18.2 Å². The van der Waals surface area contributed by atoms with Gasteiger partial charge in [0, 0.05) is 23.3 Å². The molecule has 1 aromatic rings. The Balaban J connectivity index is 2.08. The van der Waals surface area contributed by atoms with Gasteiger partial charge in [0.25, 0.3) is 5.91 Å². The number of carbonyl (C=O) groups is 1. The van der Waals surface area contributed by atoms with Crippen molar-refractivity contribution >= 4 is 21.8 Å². The first-order chi connectivity index (χ1) is 8.65. The Morgan fingerprint density at radius 1 is 1.56 bits per heavy atom. The molecule has 1 aliphatic carbocycles. The Morgan fingerprint density at radius 2 is 2.28 bits per heavy atom. The minimum atomic E-state index is -0.0853. The van der Waals surface area contributed by atoms with Crippen molar-refractivity contribution in [3.05, 3.63) is 30.1 Å². The molecule has 1 aromatic heterocycles. The van der Waals surface area contributed by atoms with Gasteiger partial charge < -0.3 is 5.32 Å². The number of nitrogens with one attached hydrogen (secondary N) is 1. The van der Waals surface area contributed by atoms with Crippen molar-refractivity contribution in [1.82, 2.24) is 10.3 Å². The number of halogens is 1. The third-order valence-electron chi connectivity index (χ3n) is 3.67. The van der Waals surface area contributed by atoms with Crippen LogP contribution < -0.4 is 5.32 Å². The summed E-state index contributed by atoms with van der Waals surface area (Å²) in [6.07, 6.45) is 7.86. The Bertz CT molecular complexity index is 410. The first-order valence-electron chi connectivity index (χ1n) is 6.44. The van der Waals surface area contributed by atoms with Gasteiger partial charge in [0.05, 0.1) is 5.54 Å². The molecular weight excluding hydrogens is 292 g/mol. The molecule has 3 nitrogen and oxygen atoms in total. The first kappa shape index (κ1) is 13.5. The largest absolute Gasteiger partial charge is 0.346 e. The van der Waals surface area contributed by atoms with Crippen LogP contribution in [0.25, 0.3) is 0 Å². The number of carbonyl (C=O) groups excluding carboxylic acids is 1. The SMILES string of the molecule is CC1CCCC(CBr)(NC(=O)c2ccncc2)C1. The lowest BCUT2D eigenvalue weighted by Crippen LogP contribution is -2.52. The summed E-state index contributed by atoms with van der Waals surface area (Å²) in [7, 11) is 0. The third-order valence-corrected chi connectivity index (χ3v) is 4.74. The Hall–Kier alpha value is -0.900. The molecule has 2 atom stereocenters. The minimum absolute atomic E-state index is 0.00551. The number of pyridine rings is 1. The number of nitrogens with zero attached hydrogens (tertiary/aromatic N) is 1. The van der Waals surface area contributed by atoms with Crippen LogP contribution in [0.15, 0.2) is 24.5 Å². The van der Waals surface area contributed by atoms with Crippen molar-refractivity contribution in [2.45, 2.75) is 38.1 Å². The summed E-state index contributed by atoms with van der Waals surface area (Å²) >= 11 is 3.57. The van der Waals surface area contributed by atoms with E-state index in [2.05, 4.69) is 33.2 Å². The zero-order valence-corrected chi connectivity index (χ0v) is 12.2. The average Bonchev–Trinajstić information content (AvgIpc) is 2.39. The van der Waals surface area contributed by atoms with Crippen molar-refractivity contribution < 1.29 is 4.79 Å². The summed E-state index contributed by atoms with van der Waals surface area (Å²) in [4.78, 5) is 16.2. The number of rotatable bonds is 3. The van der Waals surface area contributed by atoms with Gasteiger partial charge >= 0.3 is 0 Å². The van der Waals surface area contributed by atoms with Crippen LogP contribution in [0.1, 0.15) is 43.0 Å². The maximum Gasteiger partial charge on any atom is 0.251 e. The van der Waals surface area contributed by atoms with Gasteiger partial charge in [0.1, 0.15) is 0 Å². The number of hydrogen-bond donors (Lipinski definition) is 1. The summed E-state index contributed by atoms with van der Waals surface area (Å²) in [6, 6.07) is 3.51. The van der Waals surface area contributed by atoms with E-state index in [1.165, 1.54) is 12.8 Å². The van der Waals surface area contributed by atoms with Crippen LogP contribution >= 0.6 is 15.9 Å². The molecule has 1 fully saturated rings. The molecule has 1 saturated carbocycles. The van der Waals surface area contributed by atoms with E-state index in [9.17, 15) is 4.79 Å². The lowest BCUT2D eigenvalue weighted by Gasteiger charge is -2.39. The van der Waals surface area contributed by atoms with Gasteiger partial charge in [-0.15, -0.1) is 0 Å². The number of hydrogen-bond acceptors (Lipinski definition) is 2. The Morgan fingerprint density at radius 3 is 2.89 bits per heavy atom. The molecule has 1 N–H and O–H groups in total. The highest BCUT2D eigenvalue weighted by Gasteiger charge is 2.35. The molecule has 0 bridgehead atoms. The second-order valence-corrected chi connectivity index (χ2v) is 5.87. The van der Waals surface area contributed by atoms with Crippen LogP contribution in [-0.4, -0.2) is 21.8 Å². The molecule has 0 saturated heterocycles. The predicted molar refractivity (Wildman–Crippen MR) is 75.9 cm³/mol. The smallest absolute Gasteiger partial charge is 0.251 e. The van der Waals surface area contributed by atoms with Crippen LogP contribution in [0.4, 0.5) is 0 Å². The first-order valence-corrected chi connectivity index (χ1v) is 7.56. The van der Waals surface area contributed by atoms with E-state index < -0.39 is 0 Å². The van der Waals surface area contributed by atoms with E-state index in [1.807, 2.05) is 0 Å². The summed E-state index contributed by atoms with van der Waals surface area (Å²) in [6.45, 7) is 2.26. The third kappa shape index (κ3) is 3.10. The van der Waals surface area contributed by atoms with Crippen LogP contribution in [0.5, 0.6) is 0 Å². The summed E-state index contributed by atoms with van der Waals surface area (Å²) in [5, 5.41) is 4.04. The molecule has 0 aromatic carbocycles. The molecule has 1 amide bonds. The normalized spacial score (nSPS) is 27.8. The maximum absolute atomic E-state index is 12.2. The van der Waals surface area contributed by atoms with Gasteiger partial charge in [-0.3, -0.25) is 9.78 Å². The quantitative estimate of drug-likeness (QED) is 0.871. The highest BCUT2D eigenvalue weighted by molar-refractivity contribution is 9.09. The Labute approximate surface area is 117 Å². The van der Waals surface area contributed by atoms with Gasteiger partial charge in [0.15, 0.2) is 0 Å². The molecule has 2 rings (SSSR count). The number of alkyl halides is 1. The monoisotopic (exact) mass is 310 g/mol. The van der Waals surface area contributed by atoms with Gasteiger partial charge in [0.2, 0.25) is 0 Å². The molecule has 4 heteroatoms. The number of aromatic nitrogens is 1. The van der Waals surface area contributed by atoms with Gasteiger partial charge in [-0.25, -0.2) is 0 Å². The number of amides is 1. The fraction of sp³-hybridized carbons (Fsp3) is 0.571. The van der Waals surface area contributed by atoms with E-state index in [0.29, 0.717) is 11.5 Å². The van der Waals surface area contributed by atoms with Crippen LogP contribution in [0, 0.1) is 5.92 Å². The van der Waals surface area contributed by atoms with Gasteiger partial charge in [-0.2, -0.15) is 0 Å². The molecule has 18 heavy (non-hydrogen) atoms. The predicted octanol–water partition coefficient (Wildman–Crippen LogP) is 3.16. The second-order valence-electron chi connectivity index (χ2n) is 5.31. The van der Waals surface area contributed by atoms with Gasteiger partial charge in [-0.05, 0) is 30.9 Å². The molecule has 98 valence electrons. The highest BCUT2D eigenvalue weighted by atomic mass is 79.9. The minimum Gasteiger partial charge on any atom is -0.346 e. The molecule has 0 aliphatic heterocycles. The topological polar surface area (TPSA) is 42.0 Å². The molecule has 1 aliphatic rings. The van der Waals surface area contributed by atoms with Crippen molar-refractivity contribution in [1.29, 1.82) is 0 Å². The van der Waals surface area contributed by atoms with E-state index in [1.54, 1.807) is 24.5 Å². The van der Waals surface area contributed by atoms with Gasteiger partial charge in [-0.1, -0.05) is 35.7 Å². The average molecular weight is 311 g/mol. The lowest BCUT2D eigenvalue weighted by atomic mass is 9.77.